The van der Waals surface area contributed by atoms with Gasteiger partial charge in [0.1, 0.15) is 0 Å². The molecule has 0 aromatic heterocycles. The first-order valence-corrected chi connectivity index (χ1v) is 8.34. The molecule has 0 nitrogen and oxygen atoms in total. The molecule has 0 bridgehead atoms. The van der Waals surface area contributed by atoms with Gasteiger partial charge >= 0.3 is 0 Å². The van der Waals surface area contributed by atoms with Crippen LogP contribution in [0.1, 0.15) is 11.1 Å². The second-order valence-electron chi connectivity index (χ2n) is 4.43. The van der Waals surface area contributed by atoms with E-state index < -0.39 is 0 Å². The summed E-state index contributed by atoms with van der Waals surface area (Å²) in [6.45, 7) is 8.84. The first kappa shape index (κ1) is 11.9. The van der Waals surface area contributed by atoms with Gasteiger partial charge in [0.05, 0.1) is 8.80 Å². The number of hydrogen-bond acceptors (Lipinski definition) is 0. The topological polar surface area (TPSA) is 0 Å². The van der Waals surface area contributed by atoms with Crippen molar-refractivity contribution in [3.8, 4) is 0 Å². The molecule has 17 heavy (non-hydrogen) atoms. The molecule has 2 aromatic carbocycles. The van der Waals surface area contributed by atoms with Crippen LogP contribution in [0.15, 0.2) is 61.2 Å². The van der Waals surface area contributed by atoms with E-state index in [0.717, 1.165) is 5.57 Å². The van der Waals surface area contributed by atoms with E-state index in [1.165, 1.54) is 16.3 Å². The number of rotatable bonds is 3. The maximum atomic E-state index is 4.21. The average Bonchev–Trinajstić information content (AvgIpc) is 2.39. The standard InChI is InChI=1S/C16H17Si/c1-13(14-8-5-4-6-9-14)15-10-7-11-16(12-15)17(2)3/h4-12H,1H2,2-3H3. The molecule has 0 aliphatic carbocycles. The summed E-state index contributed by atoms with van der Waals surface area (Å²) in [6.07, 6.45) is 0. The minimum absolute atomic E-state index is 0.390. The molecule has 1 heteroatoms. The molecule has 2 aromatic rings. The van der Waals surface area contributed by atoms with Crippen LogP contribution in [0.5, 0.6) is 0 Å². The van der Waals surface area contributed by atoms with Gasteiger partial charge in [0.25, 0.3) is 0 Å². The smallest absolute Gasteiger partial charge is 0.0791 e. The fraction of sp³-hybridized carbons (Fsp3) is 0.125. The molecule has 0 N–H and O–H groups in total. The van der Waals surface area contributed by atoms with Gasteiger partial charge in [-0.3, -0.25) is 0 Å². The van der Waals surface area contributed by atoms with Gasteiger partial charge in [0, 0.05) is 0 Å². The summed E-state index contributed by atoms with van der Waals surface area (Å²) in [5, 5.41) is 1.46. The molecule has 0 heterocycles. The van der Waals surface area contributed by atoms with Gasteiger partial charge in [-0.1, -0.05) is 79.5 Å². The molecule has 0 unspecified atom stereocenters. The molecule has 0 atom stereocenters. The second-order valence-corrected chi connectivity index (χ2v) is 7.00. The lowest BCUT2D eigenvalue weighted by Crippen LogP contribution is -2.22. The van der Waals surface area contributed by atoms with Crippen LogP contribution in [0.3, 0.4) is 0 Å². The van der Waals surface area contributed by atoms with Crippen molar-refractivity contribution >= 4 is 19.6 Å². The molecule has 0 aliphatic rings. The molecule has 0 amide bonds. The molecular weight excluding hydrogens is 220 g/mol. The van der Waals surface area contributed by atoms with E-state index in [1.54, 1.807) is 0 Å². The highest BCUT2D eigenvalue weighted by Crippen LogP contribution is 2.20. The van der Waals surface area contributed by atoms with Gasteiger partial charge in [0.2, 0.25) is 0 Å². The first-order valence-electron chi connectivity index (χ1n) is 5.84. The van der Waals surface area contributed by atoms with E-state index in [2.05, 4.69) is 68.2 Å². The fourth-order valence-corrected chi connectivity index (χ4v) is 2.70. The van der Waals surface area contributed by atoms with Crippen molar-refractivity contribution in [1.29, 1.82) is 0 Å². The van der Waals surface area contributed by atoms with E-state index in [9.17, 15) is 0 Å². The van der Waals surface area contributed by atoms with E-state index in [-0.39, 0.29) is 8.80 Å². The largest absolute Gasteiger partial charge is 0.0906 e. The Kier molecular flexibility index (Phi) is 3.60. The average molecular weight is 237 g/mol. The van der Waals surface area contributed by atoms with Crippen molar-refractivity contribution in [2.75, 3.05) is 0 Å². The summed E-state index contributed by atoms with van der Waals surface area (Å²) < 4.78 is 0. The zero-order valence-electron chi connectivity index (χ0n) is 10.4. The third-order valence-electron chi connectivity index (χ3n) is 2.91. The van der Waals surface area contributed by atoms with Gasteiger partial charge in [-0.25, -0.2) is 0 Å². The van der Waals surface area contributed by atoms with Gasteiger partial charge in [-0.05, 0) is 16.7 Å². The van der Waals surface area contributed by atoms with Gasteiger partial charge in [0.15, 0.2) is 0 Å². The molecule has 0 saturated carbocycles. The third-order valence-corrected chi connectivity index (χ3v) is 4.38. The highest BCUT2D eigenvalue weighted by molar-refractivity contribution is 6.70. The van der Waals surface area contributed by atoms with Gasteiger partial charge in [-0.15, -0.1) is 0 Å². The summed E-state index contributed by atoms with van der Waals surface area (Å²) in [4.78, 5) is 0. The summed E-state index contributed by atoms with van der Waals surface area (Å²) in [5.41, 5.74) is 3.54. The maximum absolute atomic E-state index is 4.21. The summed E-state index contributed by atoms with van der Waals surface area (Å²) in [6, 6.07) is 19.1. The fourth-order valence-electron chi connectivity index (χ4n) is 1.82. The molecular formula is C16H17Si. The summed E-state index contributed by atoms with van der Waals surface area (Å²) >= 11 is 0. The van der Waals surface area contributed by atoms with Crippen LogP contribution in [0, 0.1) is 0 Å². The van der Waals surface area contributed by atoms with Crippen LogP contribution in [0.25, 0.3) is 5.57 Å². The van der Waals surface area contributed by atoms with Crippen molar-refractivity contribution in [1.82, 2.24) is 0 Å². The normalized spacial score (nSPS) is 10.5. The highest BCUT2D eigenvalue weighted by Gasteiger charge is 2.05. The lowest BCUT2D eigenvalue weighted by atomic mass is 10.00. The molecule has 0 fully saturated rings. The van der Waals surface area contributed by atoms with Crippen LogP contribution in [-0.2, 0) is 0 Å². The zero-order valence-corrected chi connectivity index (χ0v) is 11.4. The van der Waals surface area contributed by atoms with Gasteiger partial charge in [-0.2, -0.15) is 0 Å². The van der Waals surface area contributed by atoms with Crippen molar-refractivity contribution < 1.29 is 0 Å². The van der Waals surface area contributed by atoms with Crippen LogP contribution < -0.4 is 5.19 Å². The molecule has 0 saturated heterocycles. The second kappa shape index (κ2) is 5.15. The van der Waals surface area contributed by atoms with Crippen LogP contribution in [0.2, 0.25) is 13.1 Å². The Bertz CT molecular complexity index is 512. The highest BCUT2D eigenvalue weighted by atomic mass is 28.3. The summed E-state index contributed by atoms with van der Waals surface area (Å²) in [7, 11) is -0.390. The first-order chi connectivity index (χ1) is 8.18. The lowest BCUT2D eigenvalue weighted by Gasteiger charge is -2.09. The SMILES string of the molecule is C=C(c1ccccc1)c1cccc([Si](C)C)c1. The van der Waals surface area contributed by atoms with E-state index >= 15 is 0 Å². The van der Waals surface area contributed by atoms with Crippen LogP contribution in [0.4, 0.5) is 0 Å². The zero-order chi connectivity index (χ0) is 12.3. The Morgan fingerprint density at radius 1 is 0.882 bits per heavy atom. The van der Waals surface area contributed by atoms with E-state index in [0.29, 0.717) is 0 Å². The van der Waals surface area contributed by atoms with Crippen LogP contribution >= 0.6 is 0 Å². The number of benzene rings is 2. The Morgan fingerprint density at radius 2 is 1.53 bits per heavy atom. The minimum atomic E-state index is -0.390. The molecule has 1 radical (unpaired) electrons. The number of hydrogen-bond donors (Lipinski definition) is 0. The quantitative estimate of drug-likeness (QED) is 0.714. The van der Waals surface area contributed by atoms with Crippen molar-refractivity contribution in [2.24, 2.45) is 0 Å². The molecule has 0 aliphatic heterocycles. The Morgan fingerprint density at radius 3 is 2.18 bits per heavy atom. The molecule has 0 spiro atoms. The lowest BCUT2D eigenvalue weighted by molar-refractivity contribution is 1.57. The van der Waals surface area contributed by atoms with Crippen molar-refractivity contribution in [3.63, 3.8) is 0 Å². The summed E-state index contributed by atoms with van der Waals surface area (Å²) in [5.74, 6) is 0. The van der Waals surface area contributed by atoms with Crippen molar-refractivity contribution in [3.05, 3.63) is 72.3 Å². The Hall–Kier alpha value is -1.60. The maximum Gasteiger partial charge on any atom is 0.0791 e. The molecule has 85 valence electrons. The monoisotopic (exact) mass is 237 g/mol. The van der Waals surface area contributed by atoms with Crippen LogP contribution in [-0.4, -0.2) is 8.80 Å². The Balaban J connectivity index is 2.35. The van der Waals surface area contributed by atoms with E-state index in [4.69, 9.17) is 0 Å². The predicted octanol–water partition coefficient (Wildman–Crippen LogP) is 3.71. The predicted molar refractivity (Wildman–Crippen MR) is 78.1 cm³/mol. The van der Waals surface area contributed by atoms with Gasteiger partial charge < -0.3 is 0 Å². The molecule has 2 rings (SSSR count). The minimum Gasteiger partial charge on any atom is -0.0906 e. The third kappa shape index (κ3) is 2.74. The van der Waals surface area contributed by atoms with E-state index in [1.807, 2.05) is 6.07 Å². The Labute approximate surface area is 105 Å². The van der Waals surface area contributed by atoms with Crippen molar-refractivity contribution in [2.45, 2.75) is 13.1 Å².